The molecular weight excluding hydrogens is 352 g/mol. The third-order valence-corrected chi connectivity index (χ3v) is 5.37. The van der Waals surface area contributed by atoms with Crippen molar-refractivity contribution in [2.75, 3.05) is 18.0 Å². The first-order chi connectivity index (χ1) is 14.3. The van der Waals surface area contributed by atoms with E-state index in [1.165, 1.54) is 33.5 Å². The van der Waals surface area contributed by atoms with Gasteiger partial charge in [0.2, 0.25) is 0 Å². The van der Waals surface area contributed by atoms with E-state index in [1.54, 1.807) is 0 Å². The number of aliphatic imine (C=N–C) groups is 1. The molecule has 0 aromatic heterocycles. The highest BCUT2D eigenvalue weighted by molar-refractivity contribution is 5.86. The second-order valence-corrected chi connectivity index (χ2v) is 7.14. The Morgan fingerprint density at radius 2 is 1.79 bits per heavy atom. The largest absolute Gasteiger partial charge is 0.348 e. The number of nitrogens with zero attached hydrogens (tertiary/aromatic N) is 2. The summed E-state index contributed by atoms with van der Waals surface area (Å²) in [6, 6.07) is 17.4. The van der Waals surface area contributed by atoms with Gasteiger partial charge in [-0.2, -0.15) is 0 Å². The van der Waals surface area contributed by atoms with Crippen molar-refractivity contribution in [1.29, 1.82) is 0 Å². The van der Waals surface area contributed by atoms with E-state index >= 15 is 0 Å². The minimum atomic E-state index is 0.836. The molecule has 0 atom stereocenters. The van der Waals surface area contributed by atoms with Gasteiger partial charge in [-0.1, -0.05) is 61.5 Å². The second kappa shape index (κ2) is 10.6. The molecular formula is C27H32N2. The van der Waals surface area contributed by atoms with Gasteiger partial charge in [0, 0.05) is 43.2 Å². The zero-order chi connectivity index (χ0) is 20.5. The molecule has 0 spiro atoms. The lowest BCUT2D eigenvalue weighted by Gasteiger charge is -2.26. The molecule has 0 amide bonds. The summed E-state index contributed by atoms with van der Waals surface area (Å²) in [5.41, 5.74) is 8.02. The molecule has 1 aliphatic rings. The lowest BCUT2D eigenvalue weighted by atomic mass is 9.94. The molecule has 150 valence electrons. The summed E-state index contributed by atoms with van der Waals surface area (Å²) in [5.74, 6) is 0. The Bertz CT molecular complexity index is 931. The molecule has 0 radical (unpaired) electrons. The number of anilines is 1. The van der Waals surface area contributed by atoms with Crippen molar-refractivity contribution in [3.63, 3.8) is 0 Å². The quantitative estimate of drug-likeness (QED) is 0.450. The van der Waals surface area contributed by atoms with Crippen molar-refractivity contribution in [2.24, 2.45) is 4.99 Å². The number of benzene rings is 2. The fraction of sp³-hybridized carbons (Fsp3) is 0.296. The average Bonchev–Trinajstić information content (AvgIpc) is 2.78. The Morgan fingerprint density at radius 1 is 1.00 bits per heavy atom. The summed E-state index contributed by atoms with van der Waals surface area (Å²) in [5, 5.41) is 0. The summed E-state index contributed by atoms with van der Waals surface area (Å²) < 4.78 is 0. The van der Waals surface area contributed by atoms with Crippen molar-refractivity contribution < 1.29 is 0 Å². The second-order valence-electron chi connectivity index (χ2n) is 7.14. The molecule has 0 N–H and O–H groups in total. The highest BCUT2D eigenvalue weighted by atomic mass is 15.1. The van der Waals surface area contributed by atoms with Gasteiger partial charge >= 0.3 is 0 Å². The number of fused-ring (bicyclic) bond motifs is 1. The Hall–Kier alpha value is -2.87. The topological polar surface area (TPSA) is 15.6 Å². The summed E-state index contributed by atoms with van der Waals surface area (Å²) in [7, 11) is 0. The number of hydrogen-bond donors (Lipinski definition) is 0. The van der Waals surface area contributed by atoms with Crippen LogP contribution >= 0.6 is 0 Å². The smallest absolute Gasteiger partial charge is 0.0485 e. The Kier molecular flexibility index (Phi) is 7.63. The number of allylic oxidation sites excluding steroid dienone is 5. The third kappa shape index (κ3) is 5.14. The Morgan fingerprint density at radius 3 is 2.59 bits per heavy atom. The van der Waals surface area contributed by atoms with Gasteiger partial charge in [0.25, 0.3) is 0 Å². The first-order valence-electron chi connectivity index (χ1n) is 10.8. The van der Waals surface area contributed by atoms with Gasteiger partial charge in [0.15, 0.2) is 0 Å². The molecule has 2 heteroatoms. The van der Waals surface area contributed by atoms with E-state index in [0.29, 0.717) is 0 Å². The van der Waals surface area contributed by atoms with Crippen LogP contribution < -0.4 is 4.90 Å². The highest BCUT2D eigenvalue weighted by Crippen LogP contribution is 2.33. The van der Waals surface area contributed by atoms with Gasteiger partial charge < -0.3 is 4.90 Å². The lowest BCUT2D eigenvalue weighted by Crippen LogP contribution is -2.18. The van der Waals surface area contributed by atoms with E-state index < -0.39 is 0 Å². The van der Waals surface area contributed by atoms with E-state index in [1.807, 2.05) is 0 Å². The van der Waals surface area contributed by atoms with Gasteiger partial charge in [-0.15, -0.1) is 0 Å². The molecule has 3 rings (SSSR count). The normalized spacial score (nSPS) is 15.3. The zero-order valence-electron chi connectivity index (χ0n) is 17.9. The highest BCUT2D eigenvalue weighted by Gasteiger charge is 2.13. The van der Waals surface area contributed by atoms with Crippen molar-refractivity contribution in [1.82, 2.24) is 0 Å². The first-order valence-corrected chi connectivity index (χ1v) is 10.8. The SMILES string of the molecule is CCN=CC/C(=C\CC=C1C=CN(CC)c2ccccc21)c1ccccc1CC. The van der Waals surface area contributed by atoms with E-state index in [2.05, 4.69) is 110 Å². The first kappa shape index (κ1) is 20.9. The van der Waals surface area contributed by atoms with Crippen molar-refractivity contribution in [3.05, 3.63) is 89.6 Å². The fourth-order valence-corrected chi connectivity index (χ4v) is 3.83. The van der Waals surface area contributed by atoms with Crippen LogP contribution in [0.15, 0.2) is 78.0 Å². The van der Waals surface area contributed by atoms with Crippen LogP contribution in [0.2, 0.25) is 0 Å². The molecule has 1 heterocycles. The minimum Gasteiger partial charge on any atom is -0.348 e. The molecule has 1 aliphatic heterocycles. The number of rotatable bonds is 8. The summed E-state index contributed by atoms with van der Waals surface area (Å²) in [6.45, 7) is 8.31. The van der Waals surface area contributed by atoms with Crippen LogP contribution in [0.4, 0.5) is 5.69 Å². The molecule has 2 aromatic rings. The van der Waals surface area contributed by atoms with E-state index in [9.17, 15) is 0 Å². The molecule has 2 aromatic carbocycles. The molecule has 0 saturated heterocycles. The monoisotopic (exact) mass is 384 g/mol. The molecule has 0 bridgehead atoms. The van der Waals surface area contributed by atoms with Crippen LogP contribution in [-0.2, 0) is 6.42 Å². The maximum absolute atomic E-state index is 4.44. The van der Waals surface area contributed by atoms with E-state index in [0.717, 1.165) is 32.4 Å². The van der Waals surface area contributed by atoms with Crippen LogP contribution in [0, 0.1) is 0 Å². The van der Waals surface area contributed by atoms with Gasteiger partial charge in [-0.05, 0) is 61.1 Å². The number of para-hydroxylation sites is 1. The van der Waals surface area contributed by atoms with Crippen LogP contribution in [0.25, 0.3) is 11.1 Å². The van der Waals surface area contributed by atoms with Crippen LogP contribution in [0.1, 0.15) is 50.3 Å². The standard InChI is InChI=1S/C27H32N2/c1-4-22-12-7-8-15-25(22)23(18-20-28-5-2)13-11-14-24-19-21-29(6-3)27-17-10-9-16-26(24)27/h7-10,12-17,19-21H,4-6,11,18H2,1-3H3/b23-13+,24-14?,28-20?. The van der Waals surface area contributed by atoms with Crippen molar-refractivity contribution in [3.8, 4) is 0 Å². The van der Waals surface area contributed by atoms with Gasteiger partial charge in [0.1, 0.15) is 0 Å². The molecule has 0 aliphatic carbocycles. The summed E-state index contributed by atoms with van der Waals surface area (Å²) >= 11 is 0. The maximum atomic E-state index is 4.44. The van der Waals surface area contributed by atoms with Gasteiger partial charge in [0.05, 0.1) is 0 Å². The Balaban J connectivity index is 1.89. The fourth-order valence-electron chi connectivity index (χ4n) is 3.83. The maximum Gasteiger partial charge on any atom is 0.0485 e. The van der Waals surface area contributed by atoms with Crippen molar-refractivity contribution >= 4 is 23.0 Å². The zero-order valence-corrected chi connectivity index (χ0v) is 17.9. The van der Waals surface area contributed by atoms with Crippen molar-refractivity contribution in [2.45, 2.75) is 40.0 Å². The Labute approximate surface area is 176 Å². The van der Waals surface area contributed by atoms with E-state index in [-0.39, 0.29) is 0 Å². The molecule has 2 nitrogen and oxygen atoms in total. The summed E-state index contributed by atoms with van der Waals surface area (Å²) in [6.07, 6.45) is 14.0. The predicted molar refractivity (Wildman–Crippen MR) is 129 cm³/mol. The van der Waals surface area contributed by atoms with Gasteiger partial charge in [-0.3, -0.25) is 4.99 Å². The third-order valence-electron chi connectivity index (χ3n) is 5.37. The number of hydrogen-bond acceptors (Lipinski definition) is 2. The minimum absolute atomic E-state index is 0.836. The van der Waals surface area contributed by atoms with Crippen LogP contribution in [-0.4, -0.2) is 19.3 Å². The lowest BCUT2D eigenvalue weighted by molar-refractivity contribution is 1.01. The summed E-state index contributed by atoms with van der Waals surface area (Å²) in [4.78, 5) is 6.74. The number of aryl methyl sites for hydroxylation is 1. The molecule has 0 fully saturated rings. The van der Waals surface area contributed by atoms with E-state index in [4.69, 9.17) is 0 Å². The van der Waals surface area contributed by atoms with Crippen LogP contribution in [0.5, 0.6) is 0 Å². The predicted octanol–water partition coefficient (Wildman–Crippen LogP) is 6.94. The molecule has 0 unspecified atom stereocenters. The average molecular weight is 385 g/mol. The molecule has 0 saturated carbocycles. The molecule has 29 heavy (non-hydrogen) atoms. The van der Waals surface area contributed by atoms with Gasteiger partial charge in [-0.25, -0.2) is 0 Å². The van der Waals surface area contributed by atoms with Crippen LogP contribution in [0.3, 0.4) is 0 Å².